The van der Waals surface area contributed by atoms with E-state index in [1.807, 2.05) is 0 Å². The normalized spacial score (nSPS) is 12.1. The number of benzene rings is 14. The van der Waals surface area contributed by atoms with Crippen LogP contribution in [0, 0.1) is 0 Å². The topological polar surface area (TPSA) is 0 Å². The molecule has 0 atom stereocenters. The van der Waals surface area contributed by atoms with Crippen LogP contribution in [0.2, 0.25) is 0 Å². The highest BCUT2D eigenvalue weighted by molar-refractivity contribution is 6.17. The molecule has 0 saturated heterocycles. The highest BCUT2D eigenvalue weighted by atomic mass is 14.4. The standard InChI is InChI=1S/C87H62/c1-87(2)73-55-53-69(85-81(65-45-25-9-26-46-65)77(61-37-17-5-18-38-61)75(59-33-13-3-14-34-59)78(62-39-19-6-20-40-62)82(85)66-47-27-10-28-48-66)57-71(73)72-58-70(54-56-74(72)87)86-83(67-49-29-11-30-50-67)79(63-41-21-7-22-42-63)76(60-35-15-4-16-36-60)80(64-43-23-8-24-44-64)84(86)68-51-31-12-32-52-68/h3-58H,1-2H3. The first-order chi connectivity index (χ1) is 43.0. The van der Waals surface area contributed by atoms with Crippen molar-refractivity contribution in [1.82, 2.24) is 0 Å². The van der Waals surface area contributed by atoms with Gasteiger partial charge in [-0.25, -0.2) is 0 Å². The van der Waals surface area contributed by atoms with Crippen LogP contribution in [0.4, 0.5) is 0 Å². The molecule has 0 saturated carbocycles. The Morgan fingerprint density at radius 3 is 0.437 bits per heavy atom. The lowest BCUT2D eigenvalue weighted by Crippen LogP contribution is -2.14. The molecule has 0 amide bonds. The van der Waals surface area contributed by atoms with E-state index in [9.17, 15) is 0 Å². The zero-order valence-corrected chi connectivity index (χ0v) is 48.8. The van der Waals surface area contributed by atoms with Gasteiger partial charge >= 0.3 is 0 Å². The predicted octanol–water partition coefficient (Wildman–Crippen LogP) is 24.0. The lowest BCUT2D eigenvalue weighted by molar-refractivity contribution is 0.660. The van der Waals surface area contributed by atoms with Gasteiger partial charge in [0.05, 0.1) is 0 Å². The third-order valence-corrected chi connectivity index (χ3v) is 17.9. The summed E-state index contributed by atoms with van der Waals surface area (Å²) in [5.74, 6) is 0. The first kappa shape index (κ1) is 52.9. The second-order valence-electron chi connectivity index (χ2n) is 23.3. The van der Waals surface area contributed by atoms with Crippen LogP contribution in [0.25, 0.3) is 145 Å². The van der Waals surface area contributed by atoms with Gasteiger partial charge in [-0.15, -0.1) is 0 Å². The van der Waals surface area contributed by atoms with E-state index in [2.05, 4.69) is 354 Å². The van der Waals surface area contributed by atoms with E-state index in [0.717, 1.165) is 55.6 Å². The van der Waals surface area contributed by atoms with Gasteiger partial charge in [0.25, 0.3) is 0 Å². The molecule has 0 nitrogen and oxygen atoms in total. The molecule has 0 unspecified atom stereocenters. The lowest BCUT2D eigenvalue weighted by atomic mass is 9.73. The zero-order valence-electron chi connectivity index (χ0n) is 48.8. The van der Waals surface area contributed by atoms with E-state index in [1.165, 1.54) is 100 Å². The fourth-order valence-corrected chi connectivity index (χ4v) is 14.1. The van der Waals surface area contributed by atoms with Crippen molar-refractivity contribution >= 4 is 0 Å². The maximum atomic E-state index is 2.55. The minimum absolute atomic E-state index is 0.306. The van der Waals surface area contributed by atoms with E-state index < -0.39 is 0 Å². The highest BCUT2D eigenvalue weighted by Crippen LogP contribution is 2.60. The maximum absolute atomic E-state index is 2.55. The summed E-state index contributed by atoms with van der Waals surface area (Å²) in [5, 5.41) is 0. The van der Waals surface area contributed by atoms with Crippen LogP contribution in [-0.2, 0) is 5.41 Å². The highest BCUT2D eigenvalue weighted by Gasteiger charge is 2.38. The molecule has 410 valence electrons. The van der Waals surface area contributed by atoms with E-state index in [0.29, 0.717) is 0 Å². The molecule has 0 radical (unpaired) electrons. The van der Waals surface area contributed by atoms with Gasteiger partial charge < -0.3 is 0 Å². The number of rotatable bonds is 12. The van der Waals surface area contributed by atoms with Crippen LogP contribution in [0.1, 0.15) is 25.0 Å². The Kier molecular flexibility index (Phi) is 13.7. The van der Waals surface area contributed by atoms with Crippen LogP contribution < -0.4 is 0 Å². The van der Waals surface area contributed by atoms with Gasteiger partial charge in [0.1, 0.15) is 0 Å². The van der Waals surface area contributed by atoms with Crippen LogP contribution in [0.5, 0.6) is 0 Å². The average molecular weight is 1110 g/mol. The Balaban J connectivity index is 1.09. The molecule has 0 bridgehead atoms. The number of fused-ring (bicyclic) bond motifs is 3. The first-order valence-corrected chi connectivity index (χ1v) is 30.3. The van der Waals surface area contributed by atoms with Crippen LogP contribution in [0.15, 0.2) is 340 Å². The van der Waals surface area contributed by atoms with Gasteiger partial charge in [-0.2, -0.15) is 0 Å². The Morgan fingerprint density at radius 2 is 0.287 bits per heavy atom. The van der Waals surface area contributed by atoms with Gasteiger partial charge in [-0.1, -0.05) is 341 Å². The van der Waals surface area contributed by atoms with E-state index >= 15 is 0 Å². The average Bonchev–Trinajstić information content (AvgIpc) is 1.80. The van der Waals surface area contributed by atoms with Crippen molar-refractivity contribution in [3.8, 4) is 145 Å². The summed E-state index contributed by atoms with van der Waals surface area (Å²) in [6.07, 6.45) is 0. The lowest BCUT2D eigenvalue weighted by Gasteiger charge is -2.29. The Morgan fingerprint density at radius 1 is 0.149 bits per heavy atom. The molecular formula is C87H62. The van der Waals surface area contributed by atoms with Crippen molar-refractivity contribution < 1.29 is 0 Å². The molecule has 14 aromatic carbocycles. The third kappa shape index (κ3) is 9.35. The zero-order chi connectivity index (χ0) is 58.3. The van der Waals surface area contributed by atoms with Crippen molar-refractivity contribution in [2.45, 2.75) is 19.3 Å². The molecule has 0 spiro atoms. The molecule has 15 rings (SSSR count). The molecule has 14 aromatic rings. The summed E-state index contributed by atoms with van der Waals surface area (Å²) in [7, 11) is 0. The Labute approximate surface area is 511 Å². The minimum atomic E-state index is -0.306. The monoisotopic (exact) mass is 1110 g/mol. The SMILES string of the molecule is CC1(C)c2ccc(-c3c(-c4ccccc4)c(-c4ccccc4)c(-c4ccccc4)c(-c4ccccc4)c3-c3ccccc3)cc2-c2cc(-c3c(-c4ccccc4)c(-c4ccccc4)c(-c4ccccc4)c(-c4ccccc4)c3-c3ccccc3)ccc21. The first-order valence-electron chi connectivity index (χ1n) is 30.3. The van der Waals surface area contributed by atoms with Crippen LogP contribution >= 0.6 is 0 Å². The fourth-order valence-electron chi connectivity index (χ4n) is 14.1. The molecule has 0 aliphatic heterocycles. The van der Waals surface area contributed by atoms with E-state index in [-0.39, 0.29) is 5.41 Å². The van der Waals surface area contributed by atoms with Crippen molar-refractivity contribution in [2.75, 3.05) is 0 Å². The molecule has 0 heteroatoms. The number of hydrogen-bond donors (Lipinski definition) is 0. The summed E-state index contributed by atoms with van der Waals surface area (Å²) in [6.45, 7) is 4.83. The van der Waals surface area contributed by atoms with E-state index in [1.54, 1.807) is 0 Å². The molecule has 0 aromatic heterocycles. The van der Waals surface area contributed by atoms with Crippen molar-refractivity contribution in [3.05, 3.63) is 351 Å². The van der Waals surface area contributed by atoms with Gasteiger partial charge in [-0.05, 0) is 168 Å². The predicted molar refractivity (Wildman–Crippen MR) is 369 cm³/mol. The molecule has 1 aliphatic rings. The van der Waals surface area contributed by atoms with Crippen molar-refractivity contribution in [3.63, 3.8) is 0 Å². The maximum Gasteiger partial charge on any atom is 0.0158 e. The summed E-state index contributed by atoms with van der Waals surface area (Å²) in [5.41, 5.74) is 33.2. The van der Waals surface area contributed by atoms with Gasteiger partial charge in [-0.3, -0.25) is 0 Å². The molecule has 1 aliphatic carbocycles. The third-order valence-electron chi connectivity index (χ3n) is 17.9. The Bertz CT molecular complexity index is 4250. The van der Waals surface area contributed by atoms with Gasteiger partial charge in [0, 0.05) is 5.41 Å². The van der Waals surface area contributed by atoms with Crippen LogP contribution in [0.3, 0.4) is 0 Å². The molecular weight excluding hydrogens is 1040 g/mol. The van der Waals surface area contributed by atoms with Gasteiger partial charge in [0.15, 0.2) is 0 Å². The smallest absolute Gasteiger partial charge is 0.0158 e. The fraction of sp³-hybridized carbons (Fsp3) is 0.0345. The Hall–Kier alpha value is -10.9. The van der Waals surface area contributed by atoms with E-state index in [4.69, 9.17) is 0 Å². The minimum Gasteiger partial charge on any atom is -0.0622 e. The summed E-state index contributed by atoms with van der Waals surface area (Å²) in [6, 6.07) is 126. The van der Waals surface area contributed by atoms with Crippen molar-refractivity contribution in [1.29, 1.82) is 0 Å². The summed E-state index contributed by atoms with van der Waals surface area (Å²) in [4.78, 5) is 0. The van der Waals surface area contributed by atoms with Gasteiger partial charge in [0.2, 0.25) is 0 Å². The molecule has 0 fully saturated rings. The van der Waals surface area contributed by atoms with Crippen LogP contribution in [-0.4, -0.2) is 0 Å². The second kappa shape index (κ2) is 22.6. The molecule has 87 heavy (non-hydrogen) atoms. The molecule has 0 heterocycles. The number of hydrogen-bond acceptors (Lipinski definition) is 0. The molecule has 0 N–H and O–H groups in total. The second-order valence-corrected chi connectivity index (χ2v) is 23.3. The quantitative estimate of drug-likeness (QED) is 0.114. The van der Waals surface area contributed by atoms with Crippen molar-refractivity contribution in [2.24, 2.45) is 0 Å². The summed E-state index contributed by atoms with van der Waals surface area (Å²) < 4.78 is 0. The largest absolute Gasteiger partial charge is 0.0622 e. The summed E-state index contributed by atoms with van der Waals surface area (Å²) >= 11 is 0.